The zero-order valence-corrected chi connectivity index (χ0v) is 11.6. The SMILES string of the molecule is CC(C)(C)N(C[C@@H](N)Cc1ccccc1F)C(=O)O. The van der Waals surface area contributed by atoms with Crippen LogP contribution in [-0.2, 0) is 6.42 Å². The van der Waals surface area contributed by atoms with Crippen LogP contribution in [0.25, 0.3) is 0 Å². The highest BCUT2D eigenvalue weighted by molar-refractivity contribution is 5.66. The van der Waals surface area contributed by atoms with E-state index in [0.29, 0.717) is 12.0 Å². The maximum absolute atomic E-state index is 13.5. The van der Waals surface area contributed by atoms with Gasteiger partial charge in [0, 0.05) is 18.1 Å². The second kappa shape index (κ2) is 6.02. The molecule has 0 aromatic heterocycles. The van der Waals surface area contributed by atoms with Crippen LogP contribution >= 0.6 is 0 Å². The molecule has 0 saturated carbocycles. The average molecular weight is 268 g/mol. The summed E-state index contributed by atoms with van der Waals surface area (Å²) in [7, 11) is 0. The second-order valence-corrected chi connectivity index (χ2v) is 5.62. The largest absolute Gasteiger partial charge is 0.465 e. The minimum atomic E-state index is -1.02. The van der Waals surface area contributed by atoms with Crippen LogP contribution in [-0.4, -0.2) is 34.2 Å². The van der Waals surface area contributed by atoms with Gasteiger partial charge in [0.15, 0.2) is 0 Å². The van der Waals surface area contributed by atoms with Gasteiger partial charge in [-0.1, -0.05) is 18.2 Å². The highest BCUT2D eigenvalue weighted by Gasteiger charge is 2.27. The summed E-state index contributed by atoms with van der Waals surface area (Å²) >= 11 is 0. The summed E-state index contributed by atoms with van der Waals surface area (Å²) in [4.78, 5) is 12.5. The number of rotatable bonds is 4. The lowest BCUT2D eigenvalue weighted by atomic mass is 10.0. The van der Waals surface area contributed by atoms with E-state index in [1.54, 1.807) is 39.0 Å². The number of benzene rings is 1. The zero-order valence-electron chi connectivity index (χ0n) is 11.6. The van der Waals surface area contributed by atoms with Gasteiger partial charge in [0.2, 0.25) is 0 Å². The summed E-state index contributed by atoms with van der Waals surface area (Å²) in [5.41, 5.74) is 5.92. The second-order valence-electron chi connectivity index (χ2n) is 5.62. The van der Waals surface area contributed by atoms with Gasteiger partial charge in [0.25, 0.3) is 0 Å². The third-order valence-electron chi connectivity index (χ3n) is 2.90. The molecule has 0 unspecified atom stereocenters. The molecule has 0 spiro atoms. The van der Waals surface area contributed by atoms with Gasteiger partial charge in [-0.25, -0.2) is 9.18 Å². The molecule has 0 aliphatic carbocycles. The lowest BCUT2D eigenvalue weighted by molar-refractivity contribution is 0.0959. The summed E-state index contributed by atoms with van der Waals surface area (Å²) in [6, 6.07) is 5.96. The zero-order chi connectivity index (χ0) is 14.6. The summed E-state index contributed by atoms with van der Waals surface area (Å²) in [5, 5.41) is 9.17. The number of carbonyl (C=O) groups is 1. The number of hydrogen-bond donors (Lipinski definition) is 2. The van der Waals surface area contributed by atoms with Gasteiger partial charge in [-0.15, -0.1) is 0 Å². The first-order valence-electron chi connectivity index (χ1n) is 6.21. The van der Waals surface area contributed by atoms with Crippen molar-refractivity contribution in [1.82, 2.24) is 4.90 Å². The minimum Gasteiger partial charge on any atom is -0.465 e. The molecule has 1 aromatic carbocycles. The maximum atomic E-state index is 13.5. The highest BCUT2D eigenvalue weighted by Crippen LogP contribution is 2.15. The molecule has 4 nitrogen and oxygen atoms in total. The number of hydrogen-bond acceptors (Lipinski definition) is 2. The van der Waals surface area contributed by atoms with Crippen molar-refractivity contribution in [1.29, 1.82) is 0 Å². The number of halogens is 1. The van der Waals surface area contributed by atoms with Gasteiger partial charge in [-0.05, 0) is 38.8 Å². The molecule has 0 aliphatic rings. The van der Waals surface area contributed by atoms with E-state index in [4.69, 9.17) is 5.73 Å². The van der Waals surface area contributed by atoms with Crippen LogP contribution in [0.15, 0.2) is 24.3 Å². The molecule has 1 atom stereocenters. The van der Waals surface area contributed by atoms with E-state index < -0.39 is 17.7 Å². The third kappa shape index (κ3) is 4.52. The molecule has 19 heavy (non-hydrogen) atoms. The molecule has 1 aromatic rings. The van der Waals surface area contributed by atoms with Gasteiger partial charge in [-0.2, -0.15) is 0 Å². The molecule has 0 bridgehead atoms. The quantitative estimate of drug-likeness (QED) is 0.881. The minimum absolute atomic E-state index is 0.174. The fraction of sp³-hybridized carbons (Fsp3) is 0.500. The van der Waals surface area contributed by atoms with Gasteiger partial charge in [0.1, 0.15) is 5.82 Å². The first-order chi connectivity index (χ1) is 8.71. The fourth-order valence-corrected chi connectivity index (χ4v) is 1.88. The van der Waals surface area contributed by atoms with Crippen molar-refractivity contribution < 1.29 is 14.3 Å². The van der Waals surface area contributed by atoms with Gasteiger partial charge in [-0.3, -0.25) is 0 Å². The monoisotopic (exact) mass is 268 g/mol. The van der Waals surface area contributed by atoms with Crippen LogP contribution in [0, 0.1) is 5.82 Å². The van der Waals surface area contributed by atoms with E-state index in [1.807, 2.05) is 0 Å². The summed E-state index contributed by atoms with van der Waals surface area (Å²) in [6.07, 6.45) is -0.705. The van der Waals surface area contributed by atoms with Crippen LogP contribution in [0.2, 0.25) is 0 Å². The summed E-state index contributed by atoms with van der Waals surface area (Å²) < 4.78 is 13.5. The Morgan fingerprint density at radius 3 is 2.47 bits per heavy atom. The molecule has 0 heterocycles. The van der Waals surface area contributed by atoms with E-state index in [1.165, 1.54) is 11.0 Å². The van der Waals surface area contributed by atoms with E-state index in [2.05, 4.69) is 0 Å². The predicted octanol–water partition coefficient (Wildman–Crippen LogP) is 2.47. The Morgan fingerprint density at radius 2 is 2.00 bits per heavy atom. The molecule has 1 amide bonds. The van der Waals surface area contributed by atoms with Crippen molar-refractivity contribution >= 4 is 6.09 Å². The molecular formula is C14H21FN2O2. The van der Waals surface area contributed by atoms with Crippen molar-refractivity contribution in [3.05, 3.63) is 35.6 Å². The molecule has 106 valence electrons. The smallest absolute Gasteiger partial charge is 0.407 e. The van der Waals surface area contributed by atoms with Crippen LogP contribution in [0.5, 0.6) is 0 Å². The Kier molecular flexibility index (Phi) is 4.89. The van der Waals surface area contributed by atoms with E-state index in [9.17, 15) is 14.3 Å². The Bertz CT molecular complexity index is 443. The Labute approximate surface area is 113 Å². The number of amides is 1. The Hall–Kier alpha value is -1.62. The first-order valence-corrected chi connectivity index (χ1v) is 6.21. The molecule has 0 radical (unpaired) electrons. The van der Waals surface area contributed by atoms with Crippen LogP contribution in [0.1, 0.15) is 26.3 Å². The maximum Gasteiger partial charge on any atom is 0.407 e. The van der Waals surface area contributed by atoms with Crippen molar-refractivity contribution in [3.63, 3.8) is 0 Å². The van der Waals surface area contributed by atoms with Crippen LogP contribution < -0.4 is 5.73 Å². The Balaban J connectivity index is 2.71. The third-order valence-corrected chi connectivity index (χ3v) is 2.90. The van der Waals surface area contributed by atoms with E-state index in [0.717, 1.165) is 0 Å². The van der Waals surface area contributed by atoms with Gasteiger partial charge >= 0.3 is 6.09 Å². The number of nitrogens with two attached hydrogens (primary N) is 1. The first kappa shape index (κ1) is 15.4. The van der Waals surface area contributed by atoms with Crippen molar-refractivity contribution in [2.75, 3.05) is 6.54 Å². The Morgan fingerprint density at radius 1 is 1.42 bits per heavy atom. The molecule has 0 fully saturated rings. The molecule has 0 aliphatic heterocycles. The van der Waals surface area contributed by atoms with Crippen LogP contribution in [0.3, 0.4) is 0 Å². The van der Waals surface area contributed by atoms with Crippen molar-refractivity contribution in [2.45, 2.75) is 38.8 Å². The fourth-order valence-electron chi connectivity index (χ4n) is 1.88. The average Bonchev–Trinajstić information content (AvgIpc) is 2.27. The molecule has 1 rings (SSSR count). The van der Waals surface area contributed by atoms with Gasteiger partial charge in [0.05, 0.1) is 0 Å². The van der Waals surface area contributed by atoms with E-state index >= 15 is 0 Å². The lowest BCUT2D eigenvalue weighted by Gasteiger charge is -2.35. The lowest BCUT2D eigenvalue weighted by Crippen LogP contribution is -2.50. The summed E-state index contributed by atoms with van der Waals surface area (Å²) in [6.45, 7) is 5.58. The predicted molar refractivity (Wildman–Crippen MR) is 72.6 cm³/mol. The topological polar surface area (TPSA) is 66.6 Å². The summed E-state index contributed by atoms with van der Waals surface area (Å²) in [5.74, 6) is -0.310. The van der Waals surface area contributed by atoms with E-state index in [-0.39, 0.29) is 12.4 Å². The molecule has 0 saturated heterocycles. The van der Waals surface area contributed by atoms with Crippen LogP contribution in [0.4, 0.5) is 9.18 Å². The van der Waals surface area contributed by atoms with Crippen molar-refractivity contribution in [2.24, 2.45) is 5.73 Å². The molecular weight excluding hydrogens is 247 g/mol. The standard InChI is InChI=1S/C14H21FN2O2/c1-14(2,3)17(13(18)19)9-11(16)8-10-6-4-5-7-12(10)15/h4-7,11H,8-9,16H2,1-3H3,(H,18,19)/t11-/m0/s1. The number of nitrogens with zero attached hydrogens (tertiary/aromatic N) is 1. The number of carboxylic acid groups (broad SMARTS) is 1. The highest BCUT2D eigenvalue weighted by atomic mass is 19.1. The van der Waals surface area contributed by atoms with Crippen molar-refractivity contribution in [3.8, 4) is 0 Å². The normalized spacial score (nSPS) is 13.1. The van der Waals surface area contributed by atoms with Gasteiger partial charge < -0.3 is 15.7 Å². The molecule has 5 heteroatoms. The molecule has 3 N–H and O–H groups in total.